The minimum absolute atomic E-state index is 0.0295. The monoisotopic (exact) mass is 275 g/mol. The molecule has 0 N–H and O–H groups in total. The third-order valence-electron chi connectivity index (χ3n) is 3.69. The van der Waals surface area contributed by atoms with Crippen molar-refractivity contribution in [2.45, 2.75) is 6.54 Å². The molecule has 0 saturated carbocycles. The topological polar surface area (TPSA) is 20.3 Å². The van der Waals surface area contributed by atoms with E-state index in [1.165, 1.54) is 10.1 Å². The summed E-state index contributed by atoms with van der Waals surface area (Å²) in [5, 5.41) is 3.24. The number of thiophene rings is 1. The van der Waals surface area contributed by atoms with E-state index in [0.29, 0.717) is 12.0 Å². The van der Waals surface area contributed by atoms with Gasteiger partial charge in [0.2, 0.25) is 0 Å². The number of carbonyl (C=O) groups excluding carboxylic acids is 1. The van der Waals surface area contributed by atoms with E-state index in [-0.39, 0.29) is 5.91 Å². The molecule has 94 valence electrons. The van der Waals surface area contributed by atoms with Gasteiger partial charge in [0, 0.05) is 16.0 Å². The van der Waals surface area contributed by atoms with Crippen LogP contribution in [0.25, 0.3) is 10.1 Å². The van der Waals surface area contributed by atoms with Gasteiger partial charge in [-0.25, -0.2) is 0 Å². The predicted molar refractivity (Wildman–Crippen MR) is 84.2 cm³/mol. The highest BCUT2D eigenvalue weighted by Crippen LogP contribution is 2.31. The summed E-state index contributed by atoms with van der Waals surface area (Å²) in [7, 11) is 5.77. The third kappa shape index (κ3) is 1.68. The second kappa shape index (κ2) is 4.22. The van der Waals surface area contributed by atoms with Gasteiger partial charge in [0.05, 0.1) is 6.54 Å². The molecule has 4 rings (SSSR count). The first kappa shape index (κ1) is 11.7. The van der Waals surface area contributed by atoms with Crippen molar-refractivity contribution < 1.29 is 4.79 Å². The highest BCUT2D eigenvalue weighted by Gasteiger charge is 2.28. The van der Waals surface area contributed by atoms with Crippen molar-refractivity contribution in [3.05, 3.63) is 59.0 Å². The second-order valence-corrected chi connectivity index (χ2v) is 5.90. The number of rotatable bonds is 1. The zero-order valence-corrected chi connectivity index (χ0v) is 11.5. The van der Waals surface area contributed by atoms with E-state index in [1.807, 2.05) is 18.2 Å². The lowest BCUT2D eigenvalue weighted by Crippen LogP contribution is -2.23. The molecule has 0 fully saturated rings. The summed E-state index contributed by atoms with van der Waals surface area (Å²) in [6.07, 6.45) is 0. The fraction of sp³-hybridized carbons (Fsp3) is 0.0625. The number of fused-ring (bicyclic) bond motifs is 2. The zero-order chi connectivity index (χ0) is 13.7. The highest BCUT2D eigenvalue weighted by molar-refractivity contribution is 7.17. The Morgan fingerprint density at radius 1 is 1.10 bits per heavy atom. The number of benzene rings is 2. The van der Waals surface area contributed by atoms with Crippen LogP contribution >= 0.6 is 11.3 Å². The first-order valence-electron chi connectivity index (χ1n) is 6.40. The Morgan fingerprint density at radius 2 is 2.00 bits per heavy atom. The SMILES string of the molecule is [B]c1ccc2c(c1)C(=O)N(c1ccc3sccc3c1)C2. The van der Waals surface area contributed by atoms with E-state index < -0.39 is 0 Å². The minimum Gasteiger partial charge on any atom is -0.304 e. The van der Waals surface area contributed by atoms with Gasteiger partial charge in [-0.05, 0) is 40.6 Å². The van der Waals surface area contributed by atoms with E-state index in [2.05, 4.69) is 23.6 Å². The molecule has 1 aromatic heterocycles. The van der Waals surface area contributed by atoms with Crippen molar-refractivity contribution in [3.63, 3.8) is 0 Å². The largest absolute Gasteiger partial charge is 0.304 e. The average Bonchev–Trinajstić information content (AvgIpc) is 3.03. The van der Waals surface area contributed by atoms with E-state index in [9.17, 15) is 4.79 Å². The first-order chi connectivity index (χ1) is 9.72. The van der Waals surface area contributed by atoms with Crippen LogP contribution in [0.4, 0.5) is 5.69 Å². The van der Waals surface area contributed by atoms with Crippen LogP contribution in [0, 0.1) is 0 Å². The van der Waals surface area contributed by atoms with Gasteiger partial charge in [0.1, 0.15) is 7.85 Å². The van der Waals surface area contributed by atoms with Crippen molar-refractivity contribution in [2.24, 2.45) is 0 Å². The molecule has 0 aliphatic carbocycles. The summed E-state index contributed by atoms with van der Waals surface area (Å²) in [4.78, 5) is 14.3. The molecule has 0 atom stereocenters. The van der Waals surface area contributed by atoms with Crippen molar-refractivity contribution >= 4 is 46.3 Å². The molecule has 1 aliphatic heterocycles. The second-order valence-electron chi connectivity index (χ2n) is 4.95. The summed E-state index contributed by atoms with van der Waals surface area (Å²) in [5.41, 5.74) is 3.33. The van der Waals surface area contributed by atoms with Gasteiger partial charge >= 0.3 is 0 Å². The first-order valence-corrected chi connectivity index (χ1v) is 7.28. The fourth-order valence-corrected chi connectivity index (χ4v) is 3.42. The van der Waals surface area contributed by atoms with Crippen LogP contribution in [0.1, 0.15) is 15.9 Å². The summed E-state index contributed by atoms with van der Waals surface area (Å²) in [6.45, 7) is 0.615. The Hall–Kier alpha value is -2.07. The Labute approximate surface area is 122 Å². The maximum Gasteiger partial charge on any atom is 0.258 e. The smallest absolute Gasteiger partial charge is 0.258 e. The number of nitrogens with zero attached hydrogens (tertiary/aromatic N) is 1. The lowest BCUT2D eigenvalue weighted by molar-refractivity contribution is 0.0996. The number of carbonyl (C=O) groups is 1. The Kier molecular flexibility index (Phi) is 2.47. The highest BCUT2D eigenvalue weighted by atomic mass is 32.1. The van der Waals surface area contributed by atoms with Gasteiger partial charge in [0.25, 0.3) is 5.91 Å². The molecule has 0 spiro atoms. The van der Waals surface area contributed by atoms with Gasteiger partial charge in [-0.1, -0.05) is 23.7 Å². The number of anilines is 1. The Balaban J connectivity index is 1.79. The quantitative estimate of drug-likeness (QED) is 0.625. The van der Waals surface area contributed by atoms with Gasteiger partial charge in [-0.3, -0.25) is 4.79 Å². The van der Waals surface area contributed by atoms with Crippen molar-refractivity contribution in [3.8, 4) is 0 Å². The maximum absolute atomic E-state index is 12.5. The van der Waals surface area contributed by atoms with Crippen LogP contribution in [0.5, 0.6) is 0 Å². The van der Waals surface area contributed by atoms with E-state index in [0.717, 1.165) is 16.8 Å². The van der Waals surface area contributed by atoms with Crippen LogP contribution in [-0.4, -0.2) is 13.8 Å². The van der Waals surface area contributed by atoms with Crippen molar-refractivity contribution in [1.82, 2.24) is 0 Å². The van der Waals surface area contributed by atoms with E-state index >= 15 is 0 Å². The molecule has 3 aromatic rings. The molecule has 2 heterocycles. The molecule has 1 aliphatic rings. The summed E-state index contributed by atoms with van der Waals surface area (Å²) >= 11 is 1.71. The number of hydrogen-bond acceptors (Lipinski definition) is 2. The van der Waals surface area contributed by atoms with Crippen LogP contribution in [-0.2, 0) is 6.54 Å². The molecule has 20 heavy (non-hydrogen) atoms. The summed E-state index contributed by atoms with van der Waals surface area (Å²) in [5.74, 6) is 0.0295. The Morgan fingerprint density at radius 3 is 2.90 bits per heavy atom. The molecular weight excluding hydrogens is 265 g/mol. The third-order valence-corrected chi connectivity index (χ3v) is 4.58. The van der Waals surface area contributed by atoms with Crippen LogP contribution < -0.4 is 10.4 Å². The Bertz CT molecular complexity index is 839. The molecule has 0 saturated heterocycles. The molecule has 2 aromatic carbocycles. The average molecular weight is 275 g/mol. The molecule has 2 nitrogen and oxygen atoms in total. The standard InChI is InChI=1S/C16H10BNOS/c17-12-2-1-11-9-18(16(19)14(11)8-12)13-3-4-15-10(7-13)5-6-20-15/h1-8H,9H2. The molecular formula is C16H10BNOS. The zero-order valence-electron chi connectivity index (χ0n) is 10.7. The van der Waals surface area contributed by atoms with E-state index in [4.69, 9.17) is 7.85 Å². The predicted octanol–water partition coefficient (Wildman–Crippen LogP) is 2.86. The minimum atomic E-state index is 0.0295. The number of amides is 1. The molecule has 4 heteroatoms. The van der Waals surface area contributed by atoms with Crippen LogP contribution in [0.2, 0.25) is 0 Å². The van der Waals surface area contributed by atoms with Gasteiger partial charge < -0.3 is 4.90 Å². The fourth-order valence-electron chi connectivity index (χ4n) is 2.65. The van der Waals surface area contributed by atoms with Gasteiger partial charge in [-0.15, -0.1) is 11.3 Å². The molecule has 2 radical (unpaired) electrons. The van der Waals surface area contributed by atoms with Crippen LogP contribution in [0.15, 0.2) is 47.8 Å². The summed E-state index contributed by atoms with van der Waals surface area (Å²) in [6, 6.07) is 13.8. The normalized spacial score (nSPS) is 14.0. The van der Waals surface area contributed by atoms with Crippen molar-refractivity contribution in [2.75, 3.05) is 4.90 Å². The molecule has 0 unspecified atom stereocenters. The van der Waals surface area contributed by atoms with Crippen molar-refractivity contribution in [1.29, 1.82) is 0 Å². The van der Waals surface area contributed by atoms with Crippen LogP contribution in [0.3, 0.4) is 0 Å². The summed E-state index contributed by atoms with van der Waals surface area (Å²) < 4.78 is 1.24. The lowest BCUT2D eigenvalue weighted by Gasteiger charge is -2.15. The van der Waals surface area contributed by atoms with E-state index in [1.54, 1.807) is 22.3 Å². The van der Waals surface area contributed by atoms with Gasteiger partial charge in [-0.2, -0.15) is 0 Å². The molecule has 1 amide bonds. The molecule has 0 bridgehead atoms. The lowest BCUT2D eigenvalue weighted by atomic mass is 9.93. The number of hydrogen-bond donors (Lipinski definition) is 0. The maximum atomic E-state index is 12.5. The van der Waals surface area contributed by atoms with Gasteiger partial charge in [0.15, 0.2) is 0 Å².